The van der Waals surface area contributed by atoms with Gasteiger partial charge in [0.2, 0.25) is 0 Å². The normalized spacial score (nSPS) is 10.7. The second-order valence-electron chi connectivity index (χ2n) is 5.01. The molecular weight excluding hydrogens is 270 g/mol. The highest BCUT2D eigenvalue weighted by molar-refractivity contribution is 5.54. The minimum atomic E-state index is -0.276. The van der Waals surface area contributed by atoms with Crippen molar-refractivity contribution in [3.8, 4) is 0 Å². The number of hydrogen-bond donors (Lipinski definition) is 1. The number of benzene rings is 2. The van der Waals surface area contributed by atoms with E-state index in [9.17, 15) is 8.78 Å². The van der Waals surface area contributed by atoms with Crippen LogP contribution in [0.25, 0.3) is 0 Å². The van der Waals surface area contributed by atoms with Crippen LogP contribution in [-0.2, 0) is 13.1 Å². The van der Waals surface area contributed by atoms with Gasteiger partial charge in [0.05, 0.1) is 5.69 Å². The van der Waals surface area contributed by atoms with Crippen molar-refractivity contribution >= 4 is 5.69 Å². The molecule has 0 fully saturated rings. The summed E-state index contributed by atoms with van der Waals surface area (Å²) in [7, 11) is 1.82. The number of anilines is 1. The molecule has 1 N–H and O–H groups in total. The molecule has 0 saturated carbocycles. The van der Waals surface area contributed by atoms with Gasteiger partial charge in [0.25, 0.3) is 0 Å². The monoisotopic (exact) mass is 290 g/mol. The first-order chi connectivity index (χ1) is 10.1. The van der Waals surface area contributed by atoms with Crippen LogP contribution >= 0.6 is 0 Å². The predicted octanol–water partition coefficient (Wildman–Crippen LogP) is 3.71. The van der Waals surface area contributed by atoms with Gasteiger partial charge in [-0.1, -0.05) is 31.2 Å². The Morgan fingerprint density at radius 2 is 1.86 bits per heavy atom. The third kappa shape index (κ3) is 4.02. The fourth-order valence-corrected chi connectivity index (χ4v) is 2.38. The van der Waals surface area contributed by atoms with Gasteiger partial charge in [-0.05, 0) is 35.9 Å². The zero-order valence-corrected chi connectivity index (χ0v) is 12.4. The first kappa shape index (κ1) is 15.4. The summed E-state index contributed by atoms with van der Waals surface area (Å²) in [4.78, 5) is 1.82. The summed E-state index contributed by atoms with van der Waals surface area (Å²) in [5.41, 5.74) is 2.27. The van der Waals surface area contributed by atoms with Crippen molar-refractivity contribution in [1.29, 1.82) is 0 Å². The van der Waals surface area contributed by atoms with E-state index < -0.39 is 0 Å². The summed E-state index contributed by atoms with van der Waals surface area (Å²) in [5, 5.41) is 3.21. The molecule has 0 unspecified atom stereocenters. The summed E-state index contributed by atoms with van der Waals surface area (Å²) in [5.74, 6) is -0.536. The van der Waals surface area contributed by atoms with E-state index in [0.29, 0.717) is 18.8 Å². The number of halogens is 2. The minimum Gasteiger partial charge on any atom is -0.368 e. The molecule has 0 saturated heterocycles. The zero-order chi connectivity index (χ0) is 15.2. The van der Waals surface area contributed by atoms with E-state index in [1.807, 2.05) is 31.0 Å². The fraction of sp³-hybridized carbons (Fsp3) is 0.294. The molecule has 0 aromatic heterocycles. The average Bonchev–Trinajstić information content (AvgIpc) is 2.45. The summed E-state index contributed by atoms with van der Waals surface area (Å²) < 4.78 is 27.4. The van der Waals surface area contributed by atoms with E-state index in [4.69, 9.17) is 0 Å². The van der Waals surface area contributed by atoms with Crippen molar-refractivity contribution in [2.75, 3.05) is 18.5 Å². The summed E-state index contributed by atoms with van der Waals surface area (Å²) in [6.45, 7) is 3.90. The molecule has 0 aliphatic heterocycles. The first-order valence-electron chi connectivity index (χ1n) is 7.05. The molecule has 0 atom stereocenters. The Morgan fingerprint density at radius 1 is 1.10 bits per heavy atom. The third-order valence-electron chi connectivity index (χ3n) is 3.33. The van der Waals surface area contributed by atoms with Crippen LogP contribution in [0.5, 0.6) is 0 Å². The number of nitrogens with zero attached hydrogens (tertiary/aromatic N) is 1. The molecule has 0 radical (unpaired) electrons. The molecule has 0 bridgehead atoms. The molecule has 2 aromatic carbocycles. The highest BCUT2D eigenvalue weighted by Crippen LogP contribution is 2.25. The summed E-state index contributed by atoms with van der Waals surface area (Å²) in [6, 6.07) is 11.5. The number of hydrogen-bond acceptors (Lipinski definition) is 2. The Labute approximate surface area is 124 Å². The van der Waals surface area contributed by atoms with E-state index in [1.165, 1.54) is 18.2 Å². The van der Waals surface area contributed by atoms with Gasteiger partial charge in [0.1, 0.15) is 11.6 Å². The number of nitrogens with one attached hydrogen (secondary N) is 1. The Morgan fingerprint density at radius 3 is 2.57 bits per heavy atom. The standard InChI is InChI=1S/C17H20F2N2/c1-3-20-11-14-7-5-9-16(19)17(14)21(2)12-13-6-4-8-15(18)10-13/h4-10,20H,3,11-12H2,1-2H3. The highest BCUT2D eigenvalue weighted by Gasteiger charge is 2.13. The first-order valence-corrected chi connectivity index (χ1v) is 7.05. The van der Waals surface area contributed by atoms with Gasteiger partial charge in [-0.25, -0.2) is 8.78 Å². The molecule has 0 aliphatic rings. The lowest BCUT2D eigenvalue weighted by Gasteiger charge is -2.23. The topological polar surface area (TPSA) is 15.3 Å². The molecule has 112 valence electrons. The van der Waals surface area contributed by atoms with Gasteiger partial charge < -0.3 is 10.2 Å². The molecule has 4 heteroatoms. The van der Waals surface area contributed by atoms with Crippen molar-refractivity contribution in [3.05, 3.63) is 65.2 Å². The van der Waals surface area contributed by atoms with Crippen LogP contribution in [0.1, 0.15) is 18.1 Å². The second kappa shape index (κ2) is 7.18. The third-order valence-corrected chi connectivity index (χ3v) is 3.33. The van der Waals surface area contributed by atoms with Crippen molar-refractivity contribution in [1.82, 2.24) is 5.32 Å². The highest BCUT2D eigenvalue weighted by atomic mass is 19.1. The molecule has 2 rings (SSSR count). The zero-order valence-electron chi connectivity index (χ0n) is 12.4. The SMILES string of the molecule is CCNCc1cccc(F)c1N(C)Cc1cccc(F)c1. The molecule has 0 aliphatic carbocycles. The van der Waals surface area contributed by atoms with E-state index in [0.717, 1.165) is 17.7 Å². The Balaban J connectivity index is 2.23. The van der Waals surface area contributed by atoms with Gasteiger partial charge in [-0.15, -0.1) is 0 Å². The van der Waals surface area contributed by atoms with Crippen LogP contribution in [0.4, 0.5) is 14.5 Å². The molecule has 0 spiro atoms. The predicted molar refractivity (Wildman–Crippen MR) is 82.3 cm³/mol. The van der Waals surface area contributed by atoms with Gasteiger partial charge in [-0.3, -0.25) is 0 Å². The smallest absolute Gasteiger partial charge is 0.146 e. The fourth-order valence-electron chi connectivity index (χ4n) is 2.38. The van der Waals surface area contributed by atoms with Gasteiger partial charge in [0.15, 0.2) is 0 Å². The average molecular weight is 290 g/mol. The van der Waals surface area contributed by atoms with Crippen molar-refractivity contribution in [2.24, 2.45) is 0 Å². The quantitative estimate of drug-likeness (QED) is 0.872. The largest absolute Gasteiger partial charge is 0.368 e. The van der Waals surface area contributed by atoms with E-state index in [1.54, 1.807) is 12.1 Å². The van der Waals surface area contributed by atoms with E-state index >= 15 is 0 Å². The van der Waals surface area contributed by atoms with Crippen molar-refractivity contribution in [2.45, 2.75) is 20.0 Å². The second-order valence-corrected chi connectivity index (χ2v) is 5.01. The number of para-hydroxylation sites is 1. The van der Waals surface area contributed by atoms with Gasteiger partial charge in [-0.2, -0.15) is 0 Å². The minimum absolute atomic E-state index is 0.260. The van der Waals surface area contributed by atoms with Crippen molar-refractivity contribution < 1.29 is 8.78 Å². The van der Waals surface area contributed by atoms with Crippen LogP contribution in [0.15, 0.2) is 42.5 Å². The lowest BCUT2D eigenvalue weighted by Crippen LogP contribution is -2.22. The molecular formula is C17H20F2N2. The molecule has 0 amide bonds. The van der Waals surface area contributed by atoms with Gasteiger partial charge in [0, 0.05) is 20.1 Å². The molecule has 2 nitrogen and oxygen atoms in total. The van der Waals surface area contributed by atoms with Crippen LogP contribution in [-0.4, -0.2) is 13.6 Å². The summed E-state index contributed by atoms with van der Waals surface area (Å²) >= 11 is 0. The van der Waals surface area contributed by atoms with Crippen molar-refractivity contribution in [3.63, 3.8) is 0 Å². The van der Waals surface area contributed by atoms with Crippen LogP contribution in [0.2, 0.25) is 0 Å². The molecule has 0 heterocycles. The Hall–Kier alpha value is -1.94. The van der Waals surface area contributed by atoms with E-state index in [2.05, 4.69) is 5.32 Å². The number of rotatable bonds is 6. The molecule has 2 aromatic rings. The van der Waals surface area contributed by atoms with Crippen LogP contribution < -0.4 is 10.2 Å². The maximum Gasteiger partial charge on any atom is 0.146 e. The van der Waals surface area contributed by atoms with Crippen LogP contribution in [0, 0.1) is 11.6 Å². The lowest BCUT2D eigenvalue weighted by atomic mass is 10.1. The maximum atomic E-state index is 14.2. The van der Waals surface area contributed by atoms with Crippen LogP contribution in [0.3, 0.4) is 0 Å². The Kier molecular flexibility index (Phi) is 5.28. The lowest BCUT2D eigenvalue weighted by molar-refractivity contribution is 0.613. The Bertz CT molecular complexity index is 599. The maximum absolute atomic E-state index is 14.2. The summed E-state index contributed by atoms with van der Waals surface area (Å²) in [6.07, 6.45) is 0. The molecule has 21 heavy (non-hydrogen) atoms. The van der Waals surface area contributed by atoms with Gasteiger partial charge >= 0.3 is 0 Å². The van der Waals surface area contributed by atoms with E-state index in [-0.39, 0.29) is 11.6 Å².